The van der Waals surface area contributed by atoms with Crippen molar-refractivity contribution in [3.05, 3.63) is 54.6 Å². The minimum Gasteiger partial charge on any atom is -0.387 e. The highest BCUT2D eigenvalue weighted by Crippen LogP contribution is 2.36. The van der Waals surface area contributed by atoms with Crippen LogP contribution < -0.4 is 0 Å². The number of aliphatic hydroxyl groups excluding tert-OH is 1. The van der Waals surface area contributed by atoms with Crippen LogP contribution in [0.1, 0.15) is 24.5 Å². The van der Waals surface area contributed by atoms with Gasteiger partial charge in [0.05, 0.1) is 18.0 Å². The number of fused-ring (bicyclic) bond motifs is 1. The van der Waals surface area contributed by atoms with E-state index in [4.69, 9.17) is 0 Å². The SMILES string of the molecule is O[C@H](c1cnc2c(cnn2-c2cccc(-c3ncn[nH]3)c2)c1)[C@@H]1CCCS1. The molecule has 1 fully saturated rings. The van der Waals surface area contributed by atoms with Gasteiger partial charge in [-0.05, 0) is 36.8 Å². The second-order valence-corrected chi connectivity index (χ2v) is 7.97. The molecule has 3 aromatic heterocycles. The highest BCUT2D eigenvalue weighted by molar-refractivity contribution is 8.00. The van der Waals surface area contributed by atoms with Crippen molar-refractivity contribution in [3.8, 4) is 17.1 Å². The van der Waals surface area contributed by atoms with Crippen LogP contribution in [0.5, 0.6) is 0 Å². The van der Waals surface area contributed by atoms with Gasteiger partial charge in [0.25, 0.3) is 0 Å². The van der Waals surface area contributed by atoms with Gasteiger partial charge in [-0.2, -0.15) is 22.0 Å². The molecule has 0 aliphatic carbocycles. The average molecular weight is 378 g/mol. The summed E-state index contributed by atoms with van der Waals surface area (Å²) >= 11 is 1.84. The Morgan fingerprint density at radius 1 is 1.22 bits per heavy atom. The highest BCUT2D eigenvalue weighted by atomic mass is 32.2. The quantitative estimate of drug-likeness (QED) is 0.567. The van der Waals surface area contributed by atoms with E-state index in [2.05, 4.69) is 25.3 Å². The second kappa shape index (κ2) is 6.79. The summed E-state index contributed by atoms with van der Waals surface area (Å²) in [6.07, 6.45) is 6.79. The van der Waals surface area contributed by atoms with Crippen LogP contribution in [0.2, 0.25) is 0 Å². The first kappa shape index (κ1) is 16.5. The van der Waals surface area contributed by atoms with E-state index in [0.29, 0.717) is 5.82 Å². The first-order valence-electron chi connectivity index (χ1n) is 8.89. The number of aromatic nitrogens is 6. The number of rotatable bonds is 4. The van der Waals surface area contributed by atoms with Crippen LogP contribution >= 0.6 is 11.8 Å². The summed E-state index contributed by atoms with van der Waals surface area (Å²) < 4.78 is 1.80. The third-order valence-corrected chi connectivity index (χ3v) is 6.31. The smallest absolute Gasteiger partial charge is 0.162 e. The van der Waals surface area contributed by atoms with Crippen molar-refractivity contribution in [3.63, 3.8) is 0 Å². The van der Waals surface area contributed by atoms with Crippen LogP contribution in [0.4, 0.5) is 0 Å². The number of aliphatic hydroxyl groups is 1. The molecule has 2 atom stereocenters. The lowest BCUT2D eigenvalue weighted by molar-refractivity contribution is 0.173. The molecule has 0 saturated carbocycles. The average Bonchev–Trinajstić information content (AvgIpc) is 3.48. The standard InChI is InChI=1S/C19H18N6OS/c26-17(16-5-2-6-27-16)13-7-14-10-23-25(19(14)20-9-13)15-4-1-3-12(8-15)18-21-11-22-24-18/h1,3-4,7-11,16-17,26H,2,5-6H2,(H,21,22,24)/t16-,17+/m0/s1. The summed E-state index contributed by atoms with van der Waals surface area (Å²) in [6.45, 7) is 0. The van der Waals surface area contributed by atoms with Gasteiger partial charge in [-0.15, -0.1) is 0 Å². The first-order chi connectivity index (χ1) is 13.3. The van der Waals surface area contributed by atoms with Crippen LogP contribution in [-0.4, -0.2) is 46.1 Å². The maximum atomic E-state index is 10.6. The fourth-order valence-corrected chi connectivity index (χ4v) is 4.79. The molecular formula is C19H18N6OS. The zero-order chi connectivity index (χ0) is 18.2. The molecule has 0 bridgehead atoms. The number of nitrogens with zero attached hydrogens (tertiary/aromatic N) is 5. The second-order valence-electron chi connectivity index (χ2n) is 6.62. The molecule has 4 aromatic rings. The van der Waals surface area contributed by atoms with E-state index in [1.54, 1.807) is 17.1 Å². The number of hydrogen-bond donors (Lipinski definition) is 2. The Kier molecular flexibility index (Phi) is 4.14. The monoisotopic (exact) mass is 378 g/mol. The molecule has 1 aliphatic rings. The molecule has 0 amide bonds. The van der Waals surface area contributed by atoms with Crippen LogP contribution in [0.25, 0.3) is 28.1 Å². The van der Waals surface area contributed by atoms with Crippen LogP contribution in [0.15, 0.2) is 49.1 Å². The number of thioether (sulfide) groups is 1. The minimum atomic E-state index is -0.479. The Bertz CT molecular complexity index is 1070. The lowest BCUT2D eigenvalue weighted by Gasteiger charge is -2.17. The summed E-state index contributed by atoms with van der Waals surface area (Å²) in [7, 11) is 0. The number of hydrogen-bond acceptors (Lipinski definition) is 6. The van der Waals surface area contributed by atoms with Crippen molar-refractivity contribution < 1.29 is 5.11 Å². The van der Waals surface area contributed by atoms with Gasteiger partial charge in [-0.25, -0.2) is 14.6 Å². The van der Waals surface area contributed by atoms with Gasteiger partial charge in [0, 0.05) is 28.0 Å². The maximum absolute atomic E-state index is 10.6. The molecular weight excluding hydrogens is 360 g/mol. The molecule has 136 valence electrons. The fraction of sp³-hybridized carbons (Fsp3) is 0.263. The number of nitrogens with one attached hydrogen (secondary N) is 1. The Balaban J connectivity index is 1.51. The normalized spacial score (nSPS) is 18.2. The Hall–Kier alpha value is -2.71. The van der Waals surface area contributed by atoms with E-state index < -0.39 is 6.10 Å². The summed E-state index contributed by atoms with van der Waals surface area (Å²) in [5, 5.41) is 23.1. The Morgan fingerprint density at radius 3 is 3.00 bits per heavy atom. The minimum absolute atomic E-state index is 0.262. The maximum Gasteiger partial charge on any atom is 0.162 e. The third kappa shape index (κ3) is 3.00. The molecule has 1 aromatic carbocycles. The summed E-state index contributed by atoms with van der Waals surface area (Å²) in [4.78, 5) is 8.80. The number of H-pyrrole nitrogens is 1. The molecule has 0 radical (unpaired) electrons. The third-order valence-electron chi connectivity index (χ3n) is 4.87. The van der Waals surface area contributed by atoms with E-state index >= 15 is 0 Å². The predicted molar refractivity (Wildman–Crippen MR) is 105 cm³/mol. The summed E-state index contributed by atoms with van der Waals surface area (Å²) in [5.74, 6) is 1.83. The molecule has 5 rings (SSSR count). The molecule has 0 spiro atoms. The van der Waals surface area contributed by atoms with Crippen molar-refractivity contribution in [1.29, 1.82) is 0 Å². The lowest BCUT2D eigenvalue weighted by Crippen LogP contribution is -2.12. The summed E-state index contributed by atoms with van der Waals surface area (Å²) in [6, 6.07) is 9.89. The van der Waals surface area contributed by atoms with E-state index in [1.807, 2.05) is 42.1 Å². The molecule has 27 heavy (non-hydrogen) atoms. The van der Waals surface area contributed by atoms with Crippen molar-refractivity contribution in [2.24, 2.45) is 0 Å². The molecule has 4 heterocycles. The molecule has 1 aliphatic heterocycles. The van der Waals surface area contributed by atoms with Crippen molar-refractivity contribution in [2.45, 2.75) is 24.2 Å². The predicted octanol–water partition coefficient (Wildman–Crippen LogP) is 3.13. The fourth-order valence-electron chi connectivity index (χ4n) is 3.48. The van der Waals surface area contributed by atoms with Crippen molar-refractivity contribution in [2.75, 3.05) is 5.75 Å². The van der Waals surface area contributed by atoms with Crippen LogP contribution in [0.3, 0.4) is 0 Å². The molecule has 2 N–H and O–H groups in total. The van der Waals surface area contributed by atoms with Gasteiger partial charge in [0.2, 0.25) is 0 Å². The largest absolute Gasteiger partial charge is 0.387 e. The van der Waals surface area contributed by atoms with Gasteiger partial charge in [0.1, 0.15) is 6.33 Å². The Morgan fingerprint density at radius 2 is 2.19 bits per heavy atom. The number of aromatic amines is 1. The van der Waals surface area contributed by atoms with Gasteiger partial charge in [0.15, 0.2) is 11.5 Å². The zero-order valence-electron chi connectivity index (χ0n) is 14.5. The molecule has 1 saturated heterocycles. The number of benzene rings is 1. The van der Waals surface area contributed by atoms with Gasteiger partial charge < -0.3 is 5.11 Å². The molecule has 7 nitrogen and oxygen atoms in total. The van der Waals surface area contributed by atoms with E-state index in [0.717, 1.165) is 40.0 Å². The molecule has 8 heteroatoms. The highest BCUT2D eigenvalue weighted by Gasteiger charge is 2.25. The van der Waals surface area contributed by atoms with Gasteiger partial charge in [-0.3, -0.25) is 5.10 Å². The van der Waals surface area contributed by atoms with Crippen LogP contribution in [-0.2, 0) is 0 Å². The lowest BCUT2D eigenvalue weighted by atomic mass is 10.0. The Labute approximate surface area is 159 Å². The molecule has 0 unspecified atom stereocenters. The van der Waals surface area contributed by atoms with E-state index in [-0.39, 0.29) is 5.25 Å². The van der Waals surface area contributed by atoms with Crippen LogP contribution in [0, 0.1) is 0 Å². The summed E-state index contributed by atoms with van der Waals surface area (Å²) in [5.41, 5.74) is 3.45. The zero-order valence-corrected chi connectivity index (χ0v) is 15.3. The van der Waals surface area contributed by atoms with E-state index in [1.165, 1.54) is 12.7 Å². The topological polar surface area (TPSA) is 92.5 Å². The first-order valence-corrected chi connectivity index (χ1v) is 9.94. The number of pyridine rings is 1. The van der Waals surface area contributed by atoms with E-state index in [9.17, 15) is 5.11 Å². The van der Waals surface area contributed by atoms with Crippen molar-refractivity contribution >= 4 is 22.8 Å². The van der Waals surface area contributed by atoms with Gasteiger partial charge >= 0.3 is 0 Å². The van der Waals surface area contributed by atoms with Crippen molar-refractivity contribution in [1.82, 2.24) is 29.9 Å². The van der Waals surface area contributed by atoms with Gasteiger partial charge in [-0.1, -0.05) is 12.1 Å².